The molecule has 1 aromatic heterocycles. The van der Waals surface area contributed by atoms with Gasteiger partial charge in [-0.05, 0) is 45.6 Å². The molecule has 0 aromatic carbocycles. The third-order valence-corrected chi connectivity index (χ3v) is 2.36. The minimum absolute atomic E-state index is 0.0410. The van der Waals surface area contributed by atoms with E-state index >= 15 is 0 Å². The van der Waals surface area contributed by atoms with Gasteiger partial charge >= 0.3 is 0 Å². The zero-order valence-electron chi connectivity index (χ0n) is 11.1. The maximum Gasteiger partial charge on any atom is 0.257 e. The van der Waals surface area contributed by atoms with Gasteiger partial charge in [0, 0.05) is 12.7 Å². The second-order valence-corrected chi connectivity index (χ2v) is 4.34. The molecule has 18 heavy (non-hydrogen) atoms. The molecule has 0 fully saturated rings. The molecule has 0 aliphatic carbocycles. The lowest BCUT2D eigenvalue weighted by atomic mass is 10.3. The van der Waals surface area contributed by atoms with Crippen LogP contribution in [-0.4, -0.2) is 49.6 Å². The van der Waals surface area contributed by atoms with Crippen molar-refractivity contribution in [2.45, 2.75) is 12.8 Å². The first kappa shape index (κ1) is 14.4. The second kappa shape index (κ2) is 8.47. The van der Waals surface area contributed by atoms with Crippen molar-refractivity contribution in [1.29, 1.82) is 0 Å². The van der Waals surface area contributed by atoms with Gasteiger partial charge in [0.2, 0.25) is 0 Å². The fourth-order valence-electron chi connectivity index (χ4n) is 1.41. The Kier molecular flexibility index (Phi) is 6.79. The van der Waals surface area contributed by atoms with Gasteiger partial charge < -0.3 is 15.0 Å². The van der Waals surface area contributed by atoms with Crippen LogP contribution in [0.1, 0.15) is 12.8 Å². The van der Waals surface area contributed by atoms with Crippen molar-refractivity contribution in [2.24, 2.45) is 0 Å². The van der Waals surface area contributed by atoms with Crippen LogP contribution in [0.3, 0.4) is 0 Å². The third-order valence-electron chi connectivity index (χ3n) is 2.36. The highest BCUT2D eigenvalue weighted by atomic mass is 16.5. The van der Waals surface area contributed by atoms with Crippen LogP contribution in [0.5, 0.6) is 5.75 Å². The minimum Gasteiger partial charge on any atom is -0.482 e. The number of aromatic nitrogens is 1. The van der Waals surface area contributed by atoms with Gasteiger partial charge in [-0.25, -0.2) is 0 Å². The molecule has 1 amide bonds. The van der Waals surface area contributed by atoms with Gasteiger partial charge in [-0.2, -0.15) is 0 Å². The lowest BCUT2D eigenvalue weighted by molar-refractivity contribution is -0.123. The van der Waals surface area contributed by atoms with Gasteiger partial charge in [0.1, 0.15) is 5.75 Å². The average Bonchev–Trinajstić information content (AvgIpc) is 2.37. The van der Waals surface area contributed by atoms with Crippen LogP contribution in [0.15, 0.2) is 24.5 Å². The number of nitrogens with one attached hydrogen (secondary N) is 1. The Hall–Kier alpha value is -1.62. The highest BCUT2D eigenvalue weighted by molar-refractivity contribution is 5.77. The summed E-state index contributed by atoms with van der Waals surface area (Å²) in [6.45, 7) is 1.78. The average molecular weight is 251 g/mol. The maximum atomic E-state index is 11.4. The van der Waals surface area contributed by atoms with Gasteiger partial charge in [0.15, 0.2) is 6.61 Å². The molecule has 1 rings (SSSR count). The van der Waals surface area contributed by atoms with Crippen LogP contribution in [-0.2, 0) is 4.79 Å². The molecule has 0 atom stereocenters. The van der Waals surface area contributed by atoms with E-state index in [1.54, 1.807) is 24.5 Å². The molecular formula is C13H21N3O2. The summed E-state index contributed by atoms with van der Waals surface area (Å²) in [5, 5.41) is 2.82. The molecule has 5 nitrogen and oxygen atoms in total. The molecule has 0 spiro atoms. The molecule has 1 N–H and O–H groups in total. The summed E-state index contributed by atoms with van der Waals surface area (Å²) in [5.41, 5.74) is 0. The molecule has 0 unspecified atom stereocenters. The normalized spacial score (nSPS) is 10.4. The number of rotatable bonds is 8. The molecule has 0 bridgehead atoms. The first-order chi connectivity index (χ1) is 8.68. The minimum atomic E-state index is -0.0938. The van der Waals surface area contributed by atoms with Crippen molar-refractivity contribution in [3.63, 3.8) is 0 Å². The highest BCUT2D eigenvalue weighted by Crippen LogP contribution is 2.05. The number of carbonyl (C=O) groups excluding carboxylic acids is 1. The highest BCUT2D eigenvalue weighted by Gasteiger charge is 2.01. The quantitative estimate of drug-likeness (QED) is 0.698. The number of unbranched alkanes of at least 4 members (excludes halogenated alkanes) is 1. The van der Waals surface area contributed by atoms with Crippen LogP contribution >= 0.6 is 0 Å². The summed E-state index contributed by atoms with van der Waals surface area (Å²) >= 11 is 0. The first-order valence-electron chi connectivity index (χ1n) is 6.13. The molecular weight excluding hydrogens is 230 g/mol. The summed E-state index contributed by atoms with van der Waals surface area (Å²) in [6, 6.07) is 3.55. The van der Waals surface area contributed by atoms with Crippen molar-refractivity contribution >= 4 is 5.91 Å². The van der Waals surface area contributed by atoms with E-state index in [1.165, 1.54) is 0 Å². The Bertz CT molecular complexity index is 341. The first-order valence-corrected chi connectivity index (χ1v) is 6.13. The zero-order chi connectivity index (χ0) is 13.2. The summed E-state index contributed by atoms with van der Waals surface area (Å²) in [6.07, 6.45) is 5.32. The van der Waals surface area contributed by atoms with E-state index in [-0.39, 0.29) is 12.5 Å². The van der Waals surface area contributed by atoms with Crippen molar-refractivity contribution in [3.8, 4) is 5.75 Å². The monoisotopic (exact) mass is 251 g/mol. The van der Waals surface area contributed by atoms with Crippen LogP contribution in [0, 0.1) is 0 Å². The van der Waals surface area contributed by atoms with Crippen LogP contribution < -0.4 is 10.1 Å². The molecule has 0 saturated heterocycles. The van der Waals surface area contributed by atoms with E-state index in [9.17, 15) is 4.79 Å². The summed E-state index contributed by atoms with van der Waals surface area (Å²) in [7, 11) is 4.08. The van der Waals surface area contributed by atoms with E-state index in [0.29, 0.717) is 12.3 Å². The third kappa shape index (κ3) is 6.85. The summed E-state index contributed by atoms with van der Waals surface area (Å²) in [5.74, 6) is 0.518. The molecule has 0 aliphatic rings. The van der Waals surface area contributed by atoms with Crippen molar-refractivity contribution in [3.05, 3.63) is 24.5 Å². The van der Waals surface area contributed by atoms with E-state index in [4.69, 9.17) is 4.74 Å². The Balaban J connectivity index is 2.04. The Labute approximate surface area is 108 Å². The van der Waals surface area contributed by atoms with Crippen molar-refractivity contribution in [1.82, 2.24) is 15.2 Å². The predicted molar refractivity (Wildman–Crippen MR) is 70.5 cm³/mol. The van der Waals surface area contributed by atoms with E-state index < -0.39 is 0 Å². The number of ether oxygens (including phenoxy) is 1. The van der Waals surface area contributed by atoms with Gasteiger partial charge in [-0.3, -0.25) is 9.78 Å². The van der Waals surface area contributed by atoms with Crippen LogP contribution in [0.25, 0.3) is 0 Å². The zero-order valence-corrected chi connectivity index (χ0v) is 11.1. The largest absolute Gasteiger partial charge is 0.482 e. The lowest BCUT2D eigenvalue weighted by Gasteiger charge is -2.09. The second-order valence-electron chi connectivity index (χ2n) is 4.34. The standard InChI is InChI=1S/C13H21N3O2/c1-16(2)9-4-3-8-15-13(17)11-18-12-6-5-7-14-10-12/h5-7,10H,3-4,8-9,11H2,1-2H3,(H,15,17). The molecule has 1 aromatic rings. The number of hydrogen-bond acceptors (Lipinski definition) is 4. The number of nitrogens with zero attached hydrogens (tertiary/aromatic N) is 2. The lowest BCUT2D eigenvalue weighted by Crippen LogP contribution is -2.30. The maximum absolute atomic E-state index is 11.4. The van der Waals surface area contributed by atoms with Gasteiger partial charge in [-0.1, -0.05) is 0 Å². The molecule has 5 heteroatoms. The van der Waals surface area contributed by atoms with Crippen LogP contribution in [0.4, 0.5) is 0 Å². The fraction of sp³-hybridized carbons (Fsp3) is 0.538. The van der Waals surface area contributed by atoms with Gasteiger partial charge in [-0.15, -0.1) is 0 Å². The van der Waals surface area contributed by atoms with E-state index in [1.807, 2.05) is 14.1 Å². The molecule has 0 saturated carbocycles. The number of amides is 1. The Morgan fingerprint density at radius 2 is 2.28 bits per heavy atom. The van der Waals surface area contributed by atoms with E-state index in [2.05, 4.69) is 15.2 Å². The molecule has 0 aliphatic heterocycles. The van der Waals surface area contributed by atoms with Crippen molar-refractivity contribution < 1.29 is 9.53 Å². The predicted octanol–water partition coefficient (Wildman–Crippen LogP) is 0.918. The van der Waals surface area contributed by atoms with Crippen LogP contribution in [0.2, 0.25) is 0 Å². The Morgan fingerprint density at radius 1 is 1.44 bits per heavy atom. The molecule has 1 heterocycles. The van der Waals surface area contributed by atoms with Crippen molar-refractivity contribution in [2.75, 3.05) is 33.8 Å². The summed E-state index contributed by atoms with van der Waals surface area (Å²) in [4.78, 5) is 17.5. The van der Waals surface area contributed by atoms with Gasteiger partial charge in [0.25, 0.3) is 5.91 Å². The smallest absolute Gasteiger partial charge is 0.257 e. The van der Waals surface area contributed by atoms with E-state index in [0.717, 1.165) is 19.4 Å². The fourth-order valence-corrected chi connectivity index (χ4v) is 1.41. The SMILES string of the molecule is CN(C)CCCCNC(=O)COc1cccnc1. The molecule has 100 valence electrons. The van der Waals surface area contributed by atoms with Gasteiger partial charge in [0.05, 0.1) is 6.20 Å². The number of carbonyl (C=O) groups is 1. The number of pyridine rings is 1. The summed E-state index contributed by atoms with van der Waals surface area (Å²) < 4.78 is 5.28. The molecule has 0 radical (unpaired) electrons. The number of hydrogen-bond donors (Lipinski definition) is 1. The topological polar surface area (TPSA) is 54.5 Å². The Morgan fingerprint density at radius 3 is 2.94 bits per heavy atom.